The van der Waals surface area contributed by atoms with Gasteiger partial charge in [-0.2, -0.15) is 18.4 Å². The highest BCUT2D eigenvalue weighted by Crippen LogP contribution is 2.34. The molecule has 0 aliphatic heterocycles. The molecule has 0 saturated carbocycles. The van der Waals surface area contributed by atoms with Crippen LogP contribution in [0, 0.1) is 11.3 Å². The summed E-state index contributed by atoms with van der Waals surface area (Å²) in [4.78, 5) is 14.2. The molecule has 108 valence electrons. The largest absolute Gasteiger partial charge is 0.462 e. The molecule has 1 aromatic heterocycles. The first kappa shape index (κ1) is 15.8. The Labute approximate surface area is 109 Å². The Morgan fingerprint density at radius 1 is 1.50 bits per heavy atom. The van der Waals surface area contributed by atoms with Crippen molar-refractivity contribution in [3.63, 3.8) is 0 Å². The molecule has 0 N–H and O–H groups in total. The molecule has 0 aromatic carbocycles. The lowest BCUT2D eigenvalue weighted by Crippen LogP contribution is -2.20. The van der Waals surface area contributed by atoms with Crippen molar-refractivity contribution in [2.24, 2.45) is 0 Å². The number of carbonyl (C=O) groups excluding carboxylic acids is 1. The van der Waals surface area contributed by atoms with Crippen LogP contribution in [0.1, 0.15) is 40.7 Å². The Balaban J connectivity index is 3.62. The molecular formula is C11H7F5N2O2. The van der Waals surface area contributed by atoms with Crippen molar-refractivity contribution in [1.82, 2.24) is 4.98 Å². The number of rotatable bonds is 3. The van der Waals surface area contributed by atoms with E-state index in [2.05, 4.69) is 9.72 Å². The molecule has 4 nitrogen and oxygen atoms in total. The lowest BCUT2D eigenvalue weighted by atomic mass is 10.1. The number of carbonyl (C=O) groups is 1. The molecule has 0 aliphatic carbocycles. The summed E-state index contributed by atoms with van der Waals surface area (Å²) < 4.78 is 67.7. The molecule has 0 saturated heterocycles. The molecule has 1 rings (SSSR count). The minimum Gasteiger partial charge on any atom is -0.462 e. The van der Waals surface area contributed by atoms with Crippen molar-refractivity contribution >= 4 is 5.97 Å². The van der Waals surface area contributed by atoms with Crippen LogP contribution in [0.25, 0.3) is 0 Å². The molecule has 0 radical (unpaired) electrons. The molecule has 0 fully saturated rings. The maximum Gasteiger partial charge on any atom is 0.434 e. The van der Waals surface area contributed by atoms with Crippen molar-refractivity contribution in [2.45, 2.75) is 19.5 Å². The maximum atomic E-state index is 12.8. The van der Waals surface area contributed by atoms with Gasteiger partial charge in [-0.1, -0.05) is 0 Å². The Morgan fingerprint density at radius 2 is 2.10 bits per heavy atom. The number of aromatic nitrogens is 1. The summed E-state index contributed by atoms with van der Waals surface area (Å²) in [6.07, 6.45) is -8.47. The monoisotopic (exact) mass is 294 g/mol. The molecule has 0 bridgehead atoms. The lowest BCUT2D eigenvalue weighted by molar-refractivity contribution is -0.142. The van der Waals surface area contributed by atoms with E-state index in [4.69, 9.17) is 5.26 Å². The van der Waals surface area contributed by atoms with E-state index in [-0.39, 0.29) is 6.61 Å². The second-order valence-corrected chi connectivity index (χ2v) is 3.45. The molecular weight excluding hydrogens is 287 g/mol. The van der Waals surface area contributed by atoms with Gasteiger partial charge >= 0.3 is 12.1 Å². The van der Waals surface area contributed by atoms with Crippen LogP contribution in [0.4, 0.5) is 22.0 Å². The summed E-state index contributed by atoms with van der Waals surface area (Å²) in [7, 11) is 0. The third-order valence-electron chi connectivity index (χ3n) is 2.13. The number of halogens is 5. The zero-order chi connectivity index (χ0) is 15.5. The Bertz CT molecular complexity index is 563. The quantitative estimate of drug-likeness (QED) is 0.635. The van der Waals surface area contributed by atoms with Gasteiger partial charge in [0, 0.05) is 0 Å². The number of esters is 1. The fourth-order valence-corrected chi connectivity index (χ4v) is 1.38. The molecule has 0 spiro atoms. The molecule has 1 aromatic rings. The van der Waals surface area contributed by atoms with Gasteiger partial charge in [-0.3, -0.25) is 0 Å². The number of nitrogens with zero attached hydrogens (tertiary/aromatic N) is 2. The van der Waals surface area contributed by atoms with Crippen LogP contribution >= 0.6 is 0 Å². The van der Waals surface area contributed by atoms with E-state index in [1.165, 1.54) is 13.0 Å². The molecule has 0 unspecified atom stereocenters. The predicted molar refractivity (Wildman–Crippen MR) is 54.9 cm³/mol. The average Bonchev–Trinajstić information content (AvgIpc) is 2.36. The standard InChI is InChI=1S/C11H7F5N2O2/c1-2-20-10(19)7-5(4-17)3-6(9(12)13)18-8(7)11(14,15)16/h3,9H,2H2,1H3. The summed E-state index contributed by atoms with van der Waals surface area (Å²) in [6, 6.07) is 1.71. The summed E-state index contributed by atoms with van der Waals surface area (Å²) in [6.45, 7) is 1.11. The first-order valence-corrected chi connectivity index (χ1v) is 5.19. The summed E-state index contributed by atoms with van der Waals surface area (Å²) >= 11 is 0. The SMILES string of the molecule is CCOC(=O)c1c(C#N)cc(C(F)F)nc1C(F)(F)F. The van der Waals surface area contributed by atoms with Gasteiger partial charge in [0.15, 0.2) is 5.69 Å². The number of pyridine rings is 1. The van der Waals surface area contributed by atoms with Gasteiger partial charge in [0.2, 0.25) is 0 Å². The summed E-state index contributed by atoms with van der Waals surface area (Å²) in [5, 5.41) is 8.73. The van der Waals surface area contributed by atoms with E-state index in [9.17, 15) is 26.7 Å². The fraction of sp³-hybridized carbons (Fsp3) is 0.364. The molecule has 9 heteroatoms. The van der Waals surface area contributed by atoms with Gasteiger partial charge in [-0.05, 0) is 13.0 Å². The van der Waals surface area contributed by atoms with Crippen molar-refractivity contribution in [3.8, 4) is 6.07 Å². The average molecular weight is 294 g/mol. The van der Waals surface area contributed by atoms with Crippen molar-refractivity contribution in [1.29, 1.82) is 5.26 Å². The summed E-state index contributed by atoms with van der Waals surface area (Å²) in [5.74, 6) is -1.44. The fourth-order valence-electron chi connectivity index (χ4n) is 1.38. The van der Waals surface area contributed by atoms with Crippen LogP contribution in [0.15, 0.2) is 6.07 Å². The number of alkyl halides is 5. The van der Waals surface area contributed by atoms with Gasteiger partial charge < -0.3 is 4.74 Å². The van der Waals surface area contributed by atoms with E-state index in [0.29, 0.717) is 6.07 Å². The Hall–Kier alpha value is -2.24. The van der Waals surface area contributed by atoms with Gasteiger partial charge in [0.05, 0.1) is 12.2 Å². The highest BCUT2D eigenvalue weighted by molar-refractivity contribution is 5.93. The minimum absolute atomic E-state index is 0.238. The zero-order valence-electron chi connectivity index (χ0n) is 9.96. The minimum atomic E-state index is -5.17. The van der Waals surface area contributed by atoms with E-state index in [1.807, 2.05) is 0 Å². The number of hydrogen-bond donors (Lipinski definition) is 0. The topological polar surface area (TPSA) is 63.0 Å². The highest BCUT2D eigenvalue weighted by Gasteiger charge is 2.40. The third kappa shape index (κ3) is 3.20. The lowest BCUT2D eigenvalue weighted by Gasteiger charge is -2.14. The molecule has 20 heavy (non-hydrogen) atoms. The van der Waals surface area contributed by atoms with Gasteiger partial charge in [0.1, 0.15) is 17.3 Å². The smallest absolute Gasteiger partial charge is 0.434 e. The van der Waals surface area contributed by atoms with Crippen LogP contribution in [0.5, 0.6) is 0 Å². The number of nitriles is 1. The van der Waals surface area contributed by atoms with Crippen LogP contribution in [0.2, 0.25) is 0 Å². The molecule has 0 amide bonds. The number of hydrogen-bond acceptors (Lipinski definition) is 4. The van der Waals surface area contributed by atoms with E-state index < -0.39 is 41.1 Å². The van der Waals surface area contributed by atoms with Crippen LogP contribution in [-0.2, 0) is 10.9 Å². The van der Waals surface area contributed by atoms with Crippen molar-refractivity contribution in [2.75, 3.05) is 6.61 Å². The van der Waals surface area contributed by atoms with Crippen LogP contribution < -0.4 is 0 Å². The van der Waals surface area contributed by atoms with Gasteiger partial charge in [-0.25, -0.2) is 18.6 Å². The number of ether oxygens (including phenoxy) is 1. The maximum absolute atomic E-state index is 12.8. The van der Waals surface area contributed by atoms with Gasteiger partial charge in [-0.15, -0.1) is 0 Å². The van der Waals surface area contributed by atoms with E-state index >= 15 is 0 Å². The second-order valence-electron chi connectivity index (χ2n) is 3.45. The first-order valence-electron chi connectivity index (χ1n) is 5.19. The Morgan fingerprint density at radius 3 is 2.50 bits per heavy atom. The predicted octanol–water partition coefficient (Wildman–Crippen LogP) is 3.09. The van der Waals surface area contributed by atoms with Crippen LogP contribution in [-0.4, -0.2) is 17.6 Å². The zero-order valence-corrected chi connectivity index (χ0v) is 9.96. The summed E-state index contributed by atoms with van der Waals surface area (Å²) in [5.41, 5.74) is -5.11. The van der Waals surface area contributed by atoms with Gasteiger partial charge in [0.25, 0.3) is 6.43 Å². The third-order valence-corrected chi connectivity index (χ3v) is 2.13. The first-order chi connectivity index (χ1) is 9.22. The van der Waals surface area contributed by atoms with Crippen LogP contribution in [0.3, 0.4) is 0 Å². The highest BCUT2D eigenvalue weighted by atomic mass is 19.4. The molecule has 1 heterocycles. The second kappa shape index (κ2) is 5.81. The normalized spacial score (nSPS) is 11.3. The molecule has 0 aliphatic rings. The van der Waals surface area contributed by atoms with Crippen molar-refractivity contribution < 1.29 is 31.5 Å². The van der Waals surface area contributed by atoms with Crippen molar-refractivity contribution in [3.05, 3.63) is 28.6 Å². The van der Waals surface area contributed by atoms with E-state index in [1.54, 1.807) is 0 Å². The molecule has 0 atom stereocenters. The Kier molecular flexibility index (Phi) is 4.60. The van der Waals surface area contributed by atoms with E-state index in [0.717, 1.165) is 0 Å².